The Hall–Kier alpha value is -2.12. The fourth-order valence-electron chi connectivity index (χ4n) is 3.71. The number of hydrogen-bond acceptors (Lipinski definition) is 5. The van der Waals surface area contributed by atoms with Gasteiger partial charge in [0.2, 0.25) is 0 Å². The molecule has 0 radical (unpaired) electrons. The van der Waals surface area contributed by atoms with E-state index in [0.29, 0.717) is 37.6 Å². The predicted octanol–water partition coefficient (Wildman–Crippen LogP) is 1.53. The summed E-state index contributed by atoms with van der Waals surface area (Å²) < 4.78 is 10.8. The Morgan fingerprint density at radius 1 is 1.18 bits per heavy atom. The molecule has 28 heavy (non-hydrogen) atoms. The third-order valence-corrected chi connectivity index (χ3v) is 5.22. The van der Waals surface area contributed by atoms with Crippen LogP contribution in [0.15, 0.2) is 24.3 Å². The summed E-state index contributed by atoms with van der Waals surface area (Å²) >= 11 is 0. The lowest BCUT2D eigenvalue weighted by atomic mass is 10.0. The van der Waals surface area contributed by atoms with E-state index in [2.05, 4.69) is 17.1 Å². The Bertz CT molecular complexity index is 642. The van der Waals surface area contributed by atoms with Crippen molar-refractivity contribution in [3.63, 3.8) is 0 Å². The Morgan fingerprint density at radius 2 is 1.93 bits per heavy atom. The molecule has 0 spiro atoms. The van der Waals surface area contributed by atoms with E-state index in [1.165, 1.54) is 0 Å². The number of piperidine rings is 1. The zero-order chi connectivity index (χ0) is 19.8. The molecule has 0 aromatic heterocycles. The molecule has 1 N–H and O–H groups in total. The van der Waals surface area contributed by atoms with Crippen molar-refractivity contribution in [1.29, 1.82) is 0 Å². The van der Waals surface area contributed by atoms with E-state index < -0.39 is 0 Å². The van der Waals surface area contributed by atoms with Gasteiger partial charge in [-0.15, -0.1) is 0 Å². The maximum atomic E-state index is 12.5. The Labute approximate surface area is 167 Å². The number of likely N-dealkylation sites (tertiary alicyclic amines) is 1. The van der Waals surface area contributed by atoms with E-state index in [9.17, 15) is 9.59 Å². The van der Waals surface area contributed by atoms with Crippen molar-refractivity contribution >= 4 is 11.8 Å². The Kier molecular flexibility index (Phi) is 7.68. The molecule has 0 bridgehead atoms. The van der Waals surface area contributed by atoms with Crippen LogP contribution in [0, 0.1) is 0 Å². The number of nitrogens with zero attached hydrogens (tertiary/aromatic N) is 2. The highest BCUT2D eigenvalue weighted by molar-refractivity contribution is 5.94. The molecule has 7 heteroatoms. The van der Waals surface area contributed by atoms with E-state index in [-0.39, 0.29) is 24.5 Å². The summed E-state index contributed by atoms with van der Waals surface area (Å²) in [4.78, 5) is 28.8. The highest BCUT2D eigenvalue weighted by atomic mass is 16.5. The Balaban J connectivity index is 1.45. The van der Waals surface area contributed by atoms with Gasteiger partial charge in [-0.2, -0.15) is 0 Å². The summed E-state index contributed by atoms with van der Waals surface area (Å²) in [5.41, 5.74) is 0.611. The van der Waals surface area contributed by atoms with Crippen LogP contribution < -0.4 is 10.1 Å². The molecule has 0 saturated carbocycles. The summed E-state index contributed by atoms with van der Waals surface area (Å²) in [5.74, 6) is 0.489. The molecule has 1 aromatic carbocycles. The van der Waals surface area contributed by atoms with Crippen LogP contribution in [0.5, 0.6) is 5.75 Å². The summed E-state index contributed by atoms with van der Waals surface area (Å²) in [6.07, 6.45) is 3.28. The van der Waals surface area contributed by atoms with Crippen LogP contribution in [0.4, 0.5) is 0 Å². The number of benzene rings is 1. The van der Waals surface area contributed by atoms with Crippen molar-refractivity contribution in [2.75, 3.05) is 52.5 Å². The average Bonchev–Trinajstić information content (AvgIpc) is 2.73. The first kappa shape index (κ1) is 20.6. The minimum Gasteiger partial charge on any atom is -0.484 e. The second kappa shape index (κ2) is 10.4. The largest absolute Gasteiger partial charge is 0.484 e. The van der Waals surface area contributed by atoms with Crippen LogP contribution in [-0.4, -0.2) is 80.2 Å². The molecule has 3 rings (SSSR count). The summed E-state index contributed by atoms with van der Waals surface area (Å²) in [6.45, 7) is 7.68. The minimum atomic E-state index is -0.0562. The summed E-state index contributed by atoms with van der Waals surface area (Å²) in [5, 5.41) is 3.14. The first-order valence-electron chi connectivity index (χ1n) is 10.3. The molecule has 1 atom stereocenters. The van der Waals surface area contributed by atoms with E-state index in [4.69, 9.17) is 9.47 Å². The molecular weight excluding hydrogens is 358 g/mol. The second-order valence-corrected chi connectivity index (χ2v) is 7.42. The van der Waals surface area contributed by atoms with Crippen LogP contribution >= 0.6 is 0 Å². The maximum Gasteiger partial charge on any atom is 0.260 e. The minimum absolute atomic E-state index is 0.000873. The molecule has 1 unspecified atom stereocenters. The first-order chi connectivity index (χ1) is 13.7. The van der Waals surface area contributed by atoms with E-state index >= 15 is 0 Å². The van der Waals surface area contributed by atoms with Crippen LogP contribution in [0.2, 0.25) is 0 Å². The monoisotopic (exact) mass is 389 g/mol. The fourth-order valence-corrected chi connectivity index (χ4v) is 3.71. The quantitative estimate of drug-likeness (QED) is 0.766. The molecule has 2 aliphatic heterocycles. The number of ether oxygens (including phenoxy) is 2. The molecule has 2 fully saturated rings. The van der Waals surface area contributed by atoms with Crippen LogP contribution in [0.1, 0.15) is 36.5 Å². The molecule has 2 heterocycles. The lowest BCUT2D eigenvalue weighted by Crippen LogP contribution is -2.47. The molecular formula is C21H31N3O4. The van der Waals surface area contributed by atoms with Gasteiger partial charge in [0.25, 0.3) is 11.8 Å². The van der Waals surface area contributed by atoms with Crippen molar-refractivity contribution in [2.24, 2.45) is 0 Å². The van der Waals surface area contributed by atoms with E-state index in [0.717, 1.165) is 38.9 Å². The van der Waals surface area contributed by atoms with Crippen molar-refractivity contribution < 1.29 is 19.1 Å². The number of morpholine rings is 1. The van der Waals surface area contributed by atoms with Gasteiger partial charge in [0, 0.05) is 31.2 Å². The van der Waals surface area contributed by atoms with Gasteiger partial charge >= 0.3 is 0 Å². The highest BCUT2D eigenvalue weighted by Crippen LogP contribution is 2.15. The molecule has 7 nitrogen and oxygen atoms in total. The number of carbonyl (C=O) groups is 2. The van der Waals surface area contributed by atoms with Crippen molar-refractivity contribution in [1.82, 2.24) is 15.1 Å². The van der Waals surface area contributed by atoms with Crippen LogP contribution in [-0.2, 0) is 9.53 Å². The van der Waals surface area contributed by atoms with E-state index in [1.807, 2.05) is 0 Å². The Morgan fingerprint density at radius 3 is 2.64 bits per heavy atom. The van der Waals surface area contributed by atoms with Gasteiger partial charge in [0.1, 0.15) is 5.75 Å². The van der Waals surface area contributed by atoms with Gasteiger partial charge in [-0.05, 0) is 56.6 Å². The zero-order valence-corrected chi connectivity index (χ0v) is 16.7. The molecule has 2 aliphatic rings. The normalized spacial score (nSPS) is 20.6. The maximum absolute atomic E-state index is 12.5. The molecule has 2 amide bonds. The number of hydrogen-bond donors (Lipinski definition) is 1. The lowest BCUT2D eigenvalue weighted by molar-refractivity contribution is -0.137. The van der Waals surface area contributed by atoms with Crippen molar-refractivity contribution in [3.05, 3.63) is 29.8 Å². The number of amides is 2. The molecule has 2 saturated heterocycles. The topological polar surface area (TPSA) is 71.1 Å². The molecule has 154 valence electrons. The third-order valence-electron chi connectivity index (χ3n) is 5.22. The zero-order valence-electron chi connectivity index (χ0n) is 16.7. The van der Waals surface area contributed by atoms with Gasteiger partial charge in [0.05, 0.1) is 13.2 Å². The molecule has 0 aliphatic carbocycles. The number of rotatable bonds is 7. The predicted molar refractivity (Wildman–Crippen MR) is 107 cm³/mol. The van der Waals surface area contributed by atoms with Crippen LogP contribution in [0.3, 0.4) is 0 Å². The van der Waals surface area contributed by atoms with Gasteiger partial charge in [-0.1, -0.05) is 6.92 Å². The first-order valence-corrected chi connectivity index (χ1v) is 10.3. The smallest absolute Gasteiger partial charge is 0.260 e. The van der Waals surface area contributed by atoms with Crippen molar-refractivity contribution in [3.8, 4) is 5.75 Å². The molecule has 1 aromatic rings. The lowest BCUT2D eigenvalue weighted by Gasteiger charge is -2.32. The fraction of sp³-hybridized carbons (Fsp3) is 0.619. The van der Waals surface area contributed by atoms with Crippen LogP contribution in [0.25, 0.3) is 0 Å². The number of nitrogens with one attached hydrogen (secondary N) is 1. The van der Waals surface area contributed by atoms with Gasteiger partial charge in [-0.25, -0.2) is 0 Å². The van der Waals surface area contributed by atoms with E-state index in [1.54, 1.807) is 29.2 Å². The standard InChI is InChI=1S/C21H31N3O4/c1-2-9-23-10-3-4-18(15-23)22-21(26)17-5-7-19(8-6-17)28-16-20(25)24-11-13-27-14-12-24/h5-8,18H,2-4,9-16H2,1H3,(H,22,26). The SMILES string of the molecule is CCCN1CCCC(NC(=O)c2ccc(OCC(=O)N3CCOCC3)cc2)C1. The third kappa shape index (κ3) is 5.94. The average molecular weight is 389 g/mol. The highest BCUT2D eigenvalue weighted by Gasteiger charge is 2.21. The van der Waals surface area contributed by atoms with Gasteiger partial charge in [-0.3, -0.25) is 9.59 Å². The van der Waals surface area contributed by atoms with Gasteiger partial charge < -0.3 is 24.6 Å². The number of carbonyl (C=O) groups excluding carboxylic acids is 2. The second-order valence-electron chi connectivity index (χ2n) is 7.42. The van der Waals surface area contributed by atoms with Gasteiger partial charge in [0.15, 0.2) is 6.61 Å². The summed E-state index contributed by atoms with van der Waals surface area (Å²) in [7, 11) is 0. The van der Waals surface area contributed by atoms with Crippen molar-refractivity contribution in [2.45, 2.75) is 32.2 Å². The summed E-state index contributed by atoms with van der Waals surface area (Å²) in [6, 6.07) is 7.18.